The maximum absolute atomic E-state index is 12.8. The fraction of sp³-hybridized carbons (Fsp3) is 0.208. The van der Waals surface area contributed by atoms with E-state index in [1.54, 1.807) is 42.9 Å². The quantitative estimate of drug-likeness (QED) is 0.456. The van der Waals surface area contributed by atoms with E-state index >= 15 is 0 Å². The molecule has 0 aliphatic rings. The number of benzene rings is 3. The van der Waals surface area contributed by atoms with Crippen LogP contribution in [0.4, 0.5) is 5.69 Å². The first-order valence-corrected chi connectivity index (χ1v) is 11.5. The lowest BCUT2D eigenvalue weighted by atomic mass is 10.1. The van der Waals surface area contributed by atoms with Crippen molar-refractivity contribution in [1.82, 2.24) is 9.78 Å². The van der Waals surface area contributed by atoms with E-state index in [0.29, 0.717) is 24.6 Å². The third-order valence-corrected chi connectivity index (χ3v) is 6.70. The molecule has 1 heterocycles. The van der Waals surface area contributed by atoms with Gasteiger partial charge in [0, 0.05) is 7.05 Å². The van der Waals surface area contributed by atoms with E-state index in [1.807, 2.05) is 19.1 Å². The molecule has 0 radical (unpaired) electrons. The molecule has 0 atom stereocenters. The van der Waals surface area contributed by atoms with Crippen molar-refractivity contribution in [2.75, 3.05) is 4.72 Å². The van der Waals surface area contributed by atoms with Crippen LogP contribution in [0.2, 0.25) is 0 Å². The van der Waals surface area contributed by atoms with Crippen molar-refractivity contribution < 1.29 is 13.2 Å². The Morgan fingerprint density at radius 3 is 2.23 bits per heavy atom. The molecule has 1 N–H and O–H groups in total. The van der Waals surface area contributed by atoms with Gasteiger partial charge in [0.05, 0.1) is 35.2 Å². The highest BCUT2D eigenvalue weighted by atomic mass is 32.2. The zero-order valence-corrected chi connectivity index (χ0v) is 18.6. The molecular weight excluding hydrogens is 410 g/mol. The lowest BCUT2D eigenvalue weighted by molar-refractivity contribution is 0.107. The van der Waals surface area contributed by atoms with E-state index in [4.69, 9.17) is 4.74 Å². The van der Waals surface area contributed by atoms with Gasteiger partial charge in [-0.2, -0.15) is 5.10 Å². The van der Waals surface area contributed by atoms with Crippen LogP contribution in [-0.4, -0.2) is 18.2 Å². The standard InChI is InChI=1S/C24H25N3O3S/c1-17-24(18(2)27(3)25-17)26-31(28,29)23-12-9-19(10-13-23)15-30-16-20-8-11-21-6-4-5-7-22(21)14-20/h4-14,26H,15-16H2,1-3H3. The molecule has 6 nitrogen and oxygen atoms in total. The van der Waals surface area contributed by atoms with Gasteiger partial charge in [0.2, 0.25) is 0 Å². The molecule has 0 aliphatic carbocycles. The predicted molar refractivity (Wildman–Crippen MR) is 122 cm³/mol. The van der Waals surface area contributed by atoms with Crippen molar-refractivity contribution in [3.63, 3.8) is 0 Å². The van der Waals surface area contributed by atoms with Gasteiger partial charge in [0.15, 0.2) is 0 Å². The third-order valence-electron chi connectivity index (χ3n) is 5.33. The Morgan fingerprint density at radius 1 is 0.903 bits per heavy atom. The summed E-state index contributed by atoms with van der Waals surface area (Å²) in [5.41, 5.74) is 3.94. The number of ether oxygens (including phenoxy) is 1. The predicted octanol–water partition coefficient (Wildman–Crippen LogP) is 4.71. The Balaban J connectivity index is 1.39. The van der Waals surface area contributed by atoms with E-state index in [-0.39, 0.29) is 4.90 Å². The zero-order valence-electron chi connectivity index (χ0n) is 17.8. The molecule has 31 heavy (non-hydrogen) atoms. The molecule has 1 aromatic heterocycles. The molecule has 160 valence electrons. The molecule has 0 bridgehead atoms. The molecule has 0 spiro atoms. The second kappa shape index (κ2) is 8.53. The molecule has 0 unspecified atom stereocenters. The summed E-state index contributed by atoms with van der Waals surface area (Å²) in [6.45, 7) is 4.50. The second-order valence-corrected chi connectivity index (χ2v) is 9.28. The number of hydrogen-bond acceptors (Lipinski definition) is 4. The average Bonchev–Trinajstić information content (AvgIpc) is 2.99. The van der Waals surface area contributed by atoms with Gasteiger partial charge in [-0.3, -0.25) is 9.40 Å². The first kappa shape index (κ1) is 21.1. The van der Waals surface area contributed by atoms with Crippen molar-refractivity contribution >= 4 is 26.5 Å². The smallest absolute Gasteiger partial charge is 0.262 e. The normalized spacial score (nSPS) is 11.7. The number of nitrogens with one attached hydrogen (secondary N) is 1. The summed E-state index contributed by atoms with van der Waals surface area (Å²) in [5.74, 6) is 0. The highest BCUT2D eigenvalue weighted by Crippen LogP contribution is 2.23. The summed E-state index contributed by atoms with van der Waals surface area (Å²) in [4.78, 5) is 0.202. The van der Waals surface area contributed by atoms with E-state index < -0.39 is 10.0 Å². The van der Waals surface area contributed by atoms with Crippen LogP contribution in [0.1, 0.15) is 22.5 Å². The van der Waals surface area contributed by atoms with Crippen molar-refractivity contribution in [3.05, 3.63) is 89.2 Å². The summed E-state index contributed by atoms with van der Waals surface area (Å²) < 4.78 is 35.6. The van der Waals surface area contributed by atoms with Crippen molar-refractivity contribution in [1.29, 1.82) is 0 Å². The summed E-state index contributed by atoms with van der Waals surface area (Å²) in [6, 6.07) is 21.2. The Morgan fingerprint density at radius 2 is 1.55 bits per heavy atom. The Hall–Kier alpha value is -3.16. The number of aromatic nitrogens is 2. The van der Waals surface area contributed by atoms with Gasteiger partial charge in [0.25, 0.3) is 10.0 Å². The van der Waals surface area contributed by atoms with Crippen molar-refractivity contribution in [2.45, 2.75) is 32.0 Å². The van der Waals surface area contributed by atoms with Crippen LogP contribution in [0, 0.1) is 13.8 Å². The number of fused-ring (bicyclic) bond motifs is 1. The molecule has 7 heteroatoms. The first-order chi connectivity index (χ1) is 14.8. The number of hydrogen-bond donors (Lipinski definition) is 1. The van der Waals surface area contributed by atoms with Crippen LogP contribution in [0.25, 0.3) is 10.8 Å². The lowest BCUT2D eigenvalue weighted by Crippen LogP contribution is -2.14. The fourth-order valence-corrected chi connectivity index (χ4v) is 4.67. The fourth-order valence-electron chi connectivity index (χ4n) is 3.49. The minimum atomic E-state index is -3.69. The van der Waals surface area contributed by atoms with Crippen molar-refractivity contribution in [2.24, 2.45) is 7.05 Å². The number of rotatable bonds is 7. The van der Waals surface area contributed by atoms with E-state index in [9.17, 15) is 8.42 Å². The lowest BCUT2D eigenvalue weighted by Gasteiger charge is -2.10. The number of aryl methyl sites for hydroxylation is 2. The van der Waals surface area contributed by atoms with E-state index in [0.717, 1.165) is 16.8 Å². The van der Waals surface area contributed by atoms with Gasteiger partial charge in [0.1, 0.15) is 0 Å². The van der Waals surface area contributed by atoms with Crippen molar-refractivity contribution in [3.8, 4) is 0 Å². The van der Waals surface area contributed by atoms with Gasteiger partial charge in [-0.25, -0.2) is 8.42 Å². The maximum atomic E-state index is 12.8. The highest BCUT2D eigenvalue weighted by molar-refractivity contribution is 7.92. The van der Waals surface area contributed by atoms with Crippen LogP contribution < -0.4 is 4.72 Å². The molecule has 3 aromatic carbocycles. The summed E-state index contributed by atoms with van der Waals surface area (Å²) in [5, 5.41) is 6.64. The Labute approximate surface area is 182 Å². The van der Waals surface area contributed by atoms with Gasteiger partial charge in [-0.1, -0.05) is 48.5 Å². The van der Waals surface area contributed by atoms with Gasteiger partial charge in [-0.15, -0.1) is 0 Å². The molecule has 0 amide bonds. The molecule has 0 saturated carbocycles. The number of sulfonamides is 1. The minimum absolute atomic E-state index is 0.202. The monoisotopic (exact) mass is 435 g/mol. The molecule has 0 aliphatic heterocycles. The molecule has 0 saturated heterocycles. The van der Waals surface area contributed by atoms with Crippen LogP contribution >= 0.6 is 0 Å². The Kier molecular flexibility index (Phi) is 5.80. The number of anilines is 1. The highest BCUT2D eigenvalue weighted by Gasteiger charge is 2.19. The molecular formula is C24H25N3O3S. The van der Waals surface area contributed by atoms with Gasteiger partial charge >= 0.3 is 0 Å². The summed E-state index contributed by atoms with van der Waals surface area (Å²) >= 11 is 0. The molecule has 4 aromatic rings. The first-order valence-electron chi connectivity index (χ1n) is 10.0. The minimum Gasteiger partial charge on any atom is -0.372 e. The largest absolute Gasteiger partial charge is 0.372 e. The SMILES string of the molecule is Cc1nn(C)c(C)c1NS(=O)(=O)c1ccc(COCc2ccc3ccccc3c2)cc1. The van der Waals surface area contributed by atoms with Crippen LogP contribution in [0.15, 0.2) is 71.6 Å². The summed E-state index contributed by atoms with van der Waals surface area (Å²) in [6.07, 6.45) is 0. The van der Waals surface area contributed by atoms with Crippen LogP contribution in [-0.2, 0) is 35.0 Å². The van der Waals surface area contributed by atoms with E-state index in [1.165, 1.54) is 10.8 Å². The maximum Gasteiger partial charge on any atom is 0.262 e. The van der Waals surface area contributed by atoms with E-state index in [2.05, 4.69) is 40.2 Å². The Bertz CT molecular complexity index is 1330. The molecule has 4 rings (SSSR count). The second-order valence-electron chi connectivity index (χ2n) is 7.59. The summed E-state index contributed by atoms with van der Waals surface area (Å²) in [7, 11) is -1.91. The third kappa shape index (κ3) is 4.62. The van der Waals surface area contributed by atoms with Crippen LogP contribution in [0.3, 0.4) is 0 Å². The zero-order chi connectivity index (χ0) is 22.0. The van der Waals surface area contributed by atoms with Crippen LogP contribution in [0.5, 0.6) is 0 Å². The average molecular weight is 436 g/mol. The topological polar surface area (TPSA) is 73.2 Å². The van der Waals surface area contributed by atoms with Gasteiger partial charge in [-0.05, 0) is 53.9 Å². The van der Waals surface area contributed by atoms with Gasteiger partial charge < -0.3 is 4.74 Å². The molecule has 0 fully saturated rings. The number of nitrogens with zero attached hydrogens (tertiary/aromatic N) is 2.